The zero-order valence-electron chi connectivity index (χ0n) is 10.7. The Morgan fingerprint density at radius 3 is 2.74 bits per heavy atom. The summed E-state index contributed by atoms with van der Waals surface area (Å²) < 4.78 is 1.79. The molecule has 19 heavy (non-hydrogen) atoms. The van der Waals surface area contributed by atoms with Crippen LogP contribution in [-0.2, 0) is 6.54 Å². The summed E-state index contributed by atoms with van der Waals surface area (Å²) in [7, 11) is 0. The minimum Gasteiger partial charge on any atom is -0.478 e. The second kappa shape index (κ2) is 5.42. The van der Waals surface area contributed by atoms with E-state index in [4.69, 9.17) is 5.11 Å². The van der Waals surface area contributed by atoms with Crippen LogP contribution in [0.15, 0.2) is 24.4 Å². The molecule has 1 aromatic heterocycles. The average molecular weight is 263 g/mol. The van der Waals surface area contributed by atoms with Crippen LogP contribution >= 0.6 is 0 Å². The van der Waals surface area contributed by atoms with Gasteiger partial charge in [-0.25, -0.2) is 4.79 Å². The molecular formula is C14H17NO4. The monoisotopic (exact) mass is 263 g/mol. The molecule has 5 heteroatoms. The summed E-state index contributed by atoms with van der Waals surface area (Å²) in [5.41, 5.74) is 1.51. The van der Waals surface area contributed by atoms with Crippen LogP contribution in [-0.4, -0.2) is 32.5 Å². The Hall–Kier alpha value is -1.85. The van der Waals surface area contributed by atoms with Gasteiger partial charge in [0.15, 0.2) is 0 Å². The van der Waals surface area contributed by atoms with E-state index in [1.54, 1.807) is 35.9 Å². The normalized spacial score (nSPS) is 12.8. The second-order valence-corrected chi connectivity index (χ2v) is 4.54. The number of aromatic carboxylic acids is 1. The van der Waals surface area contributed by atoms with Gasteiger partial charge in [0.2, 0.25) is 0 Å². The number of aromatic nitrogens is 1. The van der Waals surface area contributed by atoms with E-state index < -0.39 is 12.1 Å². The highest BCUT2D eigenvalue weighted by Crippen LogP contribution is 2.29. The van der Waals surface area contributed by atoms with Gasteiger partial charge in [-0.15, -0.1) is 0 Å². The van der Waals surface area contributed by atoms with Crippen LogP contribution in [0.3, 0.4) is 0 Å². The van der Waals surface area contributed by atoms with Gasteiger partial charge < -0.3 is 19.9 Å². The van der Waals surface area contributed by atoms with Gasteiger partial charge in [0, 0.05) is 30.3 Å². The maximum Gasteiger partial charge on any atom is 0.337 e. The lowest BCUT2D eigenvalue weighted by molar-refractivity contribution is 0.0698. The first kappa shape index (κ1) is 13.6. The molecule has 1 atom stereocenters. The van der Waals surface area contributed by atoms with Crippen molar-refractivity contribution in [2.24, 2.45) is 0 Å². The number of carboxylic acids is 1. The molecule has 0 spiro atoms. The van der Waals surface area contributed by atoms with E-state index in [0.717, 1.165) is 5.39 Å². The number of para-hydroxylation sites is 1. The van der Waals surface area contributed by atoms with Gasteiger partial charge in [-0.3, -0.25) is 0 Å². The number of rotatable bonds is 5. The van der Waals surface area contributed by atoms with E-state index in [1.807, 2.05) is 0 Å². The van der Waals surface area contributed by atoms with Gasteiger partial charge in [-0.1, -0.05) is 12.1 Å². The summed E-state index contributed by atoms with van der Waals surface area (Å²) in [6, 6.07) is 5.03. The fourth-order valence-corrected chi connectivity index (χ4v) is 2.31. The number of aryl methyl sites for hydroxylation is 1. The van der Waals surface area contributed by atoms with E-state index in [2.05, 4.69) is 0 Å². The van der Waals surface area contributed by atoms with Crippen molar-refractivity contribution < 1.29 is 20.1 Å². The molecule has 102 valence electrons. The highest BCUT2D eigenvalue weighted by molar-refractivity contribution is 6.03. The number of hydrogen-bond donors (Lipinski definition) is 3. The van der Waals surface area contributed by atoms with Crippen LogP contribution in [0, 0.1) is 0 Å². The molecule has 0 saturated heterocycles. The molecule has 0 saturated carbocycles. The minimum atomic E-state index is -0.994. The molecule has 5 nitrogen and oxygen atoms in total. The highest BCUT2D eigenvalue weighted by Gasteiger charge is 2.17. The topological polar surface area (TPSA) is 82.7 Å². The van der Waals surface area contributed by atoms with Crippen molar-refractivity contribution in [3.63, 3.8) is 0 Å². The van der Waals surface area contributed by atoms with Crippen molar-refractivity contribution in [2.75, 3.05) is 6.61 Å². The van der Waals surface area contributed by atoms with Crippen molar-refractivity contribution in [3.8, 4) is 0 Å². The molecule has 3 N–H and O–H groups in total. The van der Waals surface area contributed by atoms with Gasteiger partial charge in [0.25, 0.3) is 0 Å². The molecule has 2 rings (SSSR count). The number of hydrogen-bond acceptors (Lipinski definition) is 3. The first-order valence-electron chi connectivity index (χ1n) is 6.20. The van der Waals surface area contributed by atoms with Crippen molar-refractivity contribution in [1.29, 1.82) is 0 Å². The van der Waals surface area contributed by atoms with Gasteiger partial charge in [-0.2, -0.15) is 0 Å². The summed E-state index contributed by atoms with van der Waals surface area (Å²) in [6.45, 7) is 2.21. The molecular weight excluding hydrogens is 246 g/mol. The third kappa shape index (κ3) is 2.47. The Labute approximate surface area is 110 Å². The van der Waals surface area contributed by atoms with Crippen molar-refractivity contribution >= 4 is 16.9 Å². The fourth-order valence-electron chi connectivity index (χ4n) is 2.31. The second-order valence-electron chi connectivity index (χ2n) is 4.54. The largest absolute Gasteiger partial charge is 0.478 e. The number of aliphatic hydroxyl groups is 2. The smallest absolute Gasteiger partial charge is 0.337 e. The lowest BCUT2D eigenvalue weighted by atomic mass is 10.1. The summed E-state index contributed by atoms with van der Waals surface area (Å²) in [5.74, 6) is -0.994. The summed E-state index contributed by atoms with van der Waals surface area (Å²) in [4.78, 5) is 11.3. The lowest BCUT2D eigenvalue weighted by Gasteiger charge is -2.06. The number of carboxylic acid groups (broad SMARTS) is 1. The predicted molar refractivity (Wildman–Crippen MR) is 71.2 cm³/mol. The van der Waals surface area contributed by atoms with Crippen LogP contribution in [0.5, 0.6) is 0 Å². The van der Waals surface area contributed by atoms with Crippen LogP contribution < -0.4 is 0 Å². The van der Waals surface area contributed by atoms with E-state index in [9.17, 15) is 15.0 Å². The van der Waals surface area contributed by atoms with E-state index >= 15 is 0 Å². The van der Waals surface area contributed by atoms with E-state index in [0.29, 0.717) is 24.0 Å². The van der Waals surface area contributed by atoms with Crippen LogP contribution in [0.2, 0.25) is 0 Å². The van der Waals surface area contributed by atoms with Gasteiger partial charge in [0.1, 0.15) is 0 Å². The summed E-state index contributed by atoms with van der Waals surface area (Å²) >= 11 is 0. The molecule has 0 aliphatic heterocycles. The van der Waals surface area contributed by atoms with Gasteiger partial charge in [0.05, 0.1) is 17.2 Å². The SMILES string of the molecule is CC(O)c1cn(CCCO)c2c(C(=O)O)cccc12. The average Bonchev–Trinajstić information content (AvgIpc) is 2.75. The maximum absolute atomic E-state index is 11.3. The Balaban J connectivity index is 2.68. The molecule has 1 unspecified atom stereocenters. The van der Waals surface area contributed by atoms with Crippen LogP contribution in [0.25, 0.3) is 10.9 Å². The molecule has 0 amide bonds. The van der Waals surface area contributed by atoms with Crippen molar-refractivity contribution in [1.82, 2.24) is 4.57 Å². The molecule has 0 fully saturated rings. The molecule has 0 bridgehead atoms. The molecule has 2 aromatic rings. The van der Waals surface area contributed by atoms with Crippen molar-refractivity contribution in [2.45, 2.75) is 26.0 Å². The number of aliphatic hydroxyl groups excluding tert-OH is 2. The first-order chi connectivity index (χ1) is 9.06. The lowest BCUT2D eigenvalue weighted by Crippen LogP contribution is -2.04. The fraction of sp³-hybridized carbons (Fsp3) is 0.357. The summed E-state index contributed by atoms with van der Waals surface area (Å²) in [6.07, 6.45) is 1.64. The molecule has 0 aliphatic carbocycles. The Morgan fingerprint density at radius 2 is 2.16 bits per heavy atom. The Bertz CT molecular complexity index is 601. The number of nitrogens with zero attached hydrogens (tertiary/aromatic N) is 1. The Kier molecular flexibility index (Phi) is 3.87. The van der Waals surface area contributed by atoms with E-state index in [-0.39, 0.29) is 12.2 Å². The quantitative estimate of drug-likeness (QED) is 0.767. The van der Waals surface area contributed by atoms with Crippen molar-refractivity contribution in [3.05, 3.63) is 35.5 Å². The third-order valence-corrected chi connectivity index (χ3v) is 3.17. The molecule has 1 heterocycles. The molecule has 1 aromatic carbocycles. The number of fused-ring (bicyclic) bond motifs is 1. The molecule has 0 radical (unpaired) electrons. The van der Waals surface area contributed by atoms with Gasteiger partial charge >= 0.3 is 5.97 Å². The predicted octanol–water partition coefficient (Wildman–Crippen LogP) is 1.78. The van der Waals surface area contributed by atoms with Crippen LogP contribution in [0.1, 0.15) is 35.4 Å². The first-order valence-corrected chi connectivity index (χ1v) is 6.20. The zero-order valence-corrected chi connectivity index (χ0v) is 10.7. The standard InChI is InChI=1S/C14H17NO4/c1-9(17)12-8-15(6-3-7-16)13-10(12)4-2-5-11(13)14(18)19/h2,4-5,8-9,16-17H,3,6-7H2,1H3,(H,18,19). The minimum absolute atomic E-state index is 0.0406. The third-order valence-electron chi connectivity index (χ3n) is 3.17. The Morgan fingerprint density at radius 1 is 1.42 bits per heavy atom. The van der Waals surface area contributed by atoms with Gasteiger partial charge in [-0.05, 0) is 19.4 Å². The maximum atomic E-state index is 11.3. The number of benzene rings is 1. The highest BCUT2D eigenvalue weighted by atomic mass is 16.4. The van der Waals surface area contributed by atoms with Crippen LogP contribution in [0.4, 0.5) is 0 Å². The molecule has 0 aliphatic rings. The zero-order chi connectivity index (χ0) is 14.0. The van der Waals surface area contributed by atoms with E-state index in [1.165, 1.54) is 0 Å². The summed E-state index contributed by atoms with van der Waals surface area (Å²) in [5, 5.41) is 28.7. The number of carbonyl (C=O) groups is 1.